The topological polar surface area (TPSA) is 7.68 Å². The van der Waals surface area contributed by atoms with Crippen LogP contribution in [0, 0.1) is 11.8 Å². The molecule has 0 saturated carbocycles. The molecular weight excluding hydrogens is 384 g/mol. The van der Waals surface area contributed by atoms with Crippen molar-refractivity contribution in [1.82, 2.24) is 0 Å². The fourth-order valence-electron chi connectivity index (χ4n) is 4.29. The minimum Gasteiger partial charge on any atom is -0.325 e. The number of hydrogen-bond acceptors (Lipinski definition) is 2. The highest BCUT2D eigenvalue weighted by molar-refractivity contribution is 8.03. The lowest BCUT2D eigenvalue weighted by atomic mass is 9.80. The van der Waals surface area contributed by atoms with Crippen LogP contribution in [0.25, 0.3) is 0 Å². The summed E-state index contributed by atoms with van der Waals surface area (Å²) in [5.41, 5.74) is 2.49. The van der Waals surface area contributed by atoms with Crippen molar-refractivity contribution in [1.29, 1.82) is 0 Å². The third kappa shape index (κ3) is 3.04. The molecule has 4 heteroatoms. The number of anilines is 1. The lowest BCUT2D eigenvalue weighted by Gasteiger charge is -2.42. The first-order valence-electron chi connectivity index (χ1n) is 9.62. The maximum Gasteiger partial charge on any atom is 0.172 e. The second kappa shape index (κ2) is 7.32. The van der Waals surface area contributed by atoms with E-state index in [0.717, 1.165) is 10.8 Å². The first-order chi connectivity index (χ1) is 13.7. The number of nitrogens with one attached hydrogen (secondary N) is 1. The van der Waals surface area contributed by atoms with Crippen molar-refractivity contribution in [2.75, 3.05) is 11.9 Å². The molecule has 1 aliphatic carbocycles. The zero-order valence-electron chi connectivity index (χ0n) is 15.6. The Labute approximate surface area is 175 Å². The molecule has 28 heavy (non-hydrogen) atoms. The molecule has 0 aromatic heterocycles. The molecule has 2 aromatic rings. The number of hydrogen-bond donors (Lipinski definition) is 1. The summed E-state index contributed by atoms with van der Waals surface area (Å²) in [4.78, 5) is 4.95. The highest BCUT2D eigenvalue weighted by Gasteiger charge is 2.37. The predicted octanol–water partition coefficient (Wildman–Crippen LogP) is 5.11. The number of halogens is 1. The van der Waals surface area contributed by atoms with Gasteiger partial charge < -0.3 is 4.90 Å². The van der Waals surface area contributed by atoms with Gasteiger partial charge in [-0.05, 0) is 42.1 Å². The number of benzene rings is 2. The fourth-order valence-corrected chi connectivity index (χ4v) is 5.85. The second-order valence-corrected chi connectivity index (χ2v) is 8.84. The first kappa shape index (κ1) is 17.9. The Bertz CT molecular complexity index is 1010. The van der Waals surface area contributed by atoms with E-state index in [1.807, 2.05) is 17.8 Å². The average molecular weight is 406 g/mol. The molecular formula is C24H22ClN2S+. The van der Waals surface area contributed by atoms with E-state index in [4.69, 9.17) is 11.6 Å². The Kier molecular flexibility index (Phi) is 4.67. The molecule has 2 heterocycles. The summed E-state index contributed by atoms with van der Waals surface area (Å²) < 4.78 is 0. The van der Waals surface area contributed by atoms with Crippen LogP contribution in [0.1, 0.15) is 0 Å². The van der Waals surface area contributed by atoms with E-state index < -0.39 is 0 Å². The Morgan fingerprint density at radius 3 is 2.57 bits per heavy atom. The summed E-state index contributed by atoms with van der Waals surface area (Å²) in [7, 11) is 2.23. The van der Waals surface area contributed by atoms with Gasteiger partial charge in [-0.25, -0.2) is 0 Å². The maximum absolute atomic E-state index is 6.83. The highest BCUT2D eigenvalue weighted by Crippen LogP contribution is 2.42. The summed E-state index contributed by atoms with van der Waals surface area (Å²) in [6.45, 7) is 0. The lowest BCUT2D eigenvalue weighted by Crippen LogP contribution is -3.00. The molecule has 4 unspecified atom stereocenters. The average Bonchev–Trinajstić information content (AvgIpc) is 3.04. The van der Waals surface area contributed by atoms with Gasteiger partial charge in [-0.15, -0.1) is 0 Å². The highest BCUT2D eigenvalue weighted by atomic mass is 35.5. The van der Waals surface area contributed by atoms with E-state index in [0.29, 0.717) is 5.92 Å². The van der Waals surface area contributed by atoms with Gasteiger partial charge >= 0.3 is 0 Å². The van der Waals surface area contributed by atoms with E-state index in [-0.39, 0.29) is 12.0 Å². The molecule has 1 N–H and O–H groups in total. The number of allylic oxidation sites excluding steroid dienone is 4. The number of nitrogens with zero attached hydrogens (tertiary/aromatic N) is 1. The van der Waals surface area contributed by atoms with Crippen molar-refractivity contribution in [2.24, 2.45) is 11.8 Å². The number of fused-ring (bicyclic) bond motifs is 2. The third-order valence-corrected chi connectivity index (χ3v) is 7.25. The lowest BCUT2D eigenvalue weighted by molar-refractivity contribution is -0.755. The van der Waals surface area contributed by atoms with Crippen LogP contribution in [0.3, 0.4) is 0 Å². The number of rotatable bonds is 2. The summed E-state index contributed by atoms with van der Waals surface area (Å²) in [5.74, 6) is 0.628. The molecule has 0 saturated heterocycles. The van der Waals surface area contributed by atoms with Gasteiger partial charge in [0.1, 0.15) is 5.16 Å². The smallest absolute Gasteiger partial charge is 0.172 e. The SMILES string of the molecule is C[NH+]1/C(=C\C2C=C(Cl)N(c3ccccc3)C3C=CC=CC23)Sc2ccccc21. The largest absolute Gasteiger partial charge is 0.325 e. The molecule has 2 aliphatic heterocycles. The van der Waals surface area contributed by atoms with Gasteiger partial charge in [0.15, 0.2) is 10.7 Å². The van der Waals surface area contributed by atoms with Gasteiger partial charge in [0, 0.05) is 23.6 Å². The van der Waals surface area contributed by atoms with Gasteiger partial charge in [-0.3, -0.25) is 4.90 Å². The van der Waals surface area contributed by atoms with Crippen LogP contribution < -0.4 is 9.80 Å². The van der Waals surface area contributed by atoms with Crippen LogP contribution in [0.15, 0.2) is 106 Å². The molecule has 0 amide bonds. The second-order valence-electron chi connectivity index (χ2n) is 7.36. The van der Waals surface area contributed by atoms with Crippen LogP contribution in [0.5, 0.6) is 0 Å². The van der Waals surface area contributed by atoms with Crippen molar-refractivity contribution >= 4 is 34.7 Å². The quantitative estimate of drug-likeness (QED) is 0.694. The van der Waals surface area contributed by atoms with Crippen molar-refractivity contribution in [2.45, 2.75) is 10.9 Å². The predicted molar refractivity (Wildman–Crippen MR) is 119 cm³/mol. The van der Waals surface area contributed by atoms with Crippen molar-refractivity contribution < 1.29 is 4.90 Å². The summed E-state index contributed by atoms with van der Waals surface area (Å²) in [6.07, 6.45) is 13.5. The Hall–Kier alpha value is -2.20. The minimum absolute atomic E-state index is 0.223. The van der Waals surface area contributed by atoms with E-state index in [1.165, 1.54) is 20.5 Å². The van der Waals surface area contributed by atoms with Gasteiger partial charge in [0.05, 0.1) is 18.0 Å². The normalized spacial score (nSPS) is 29.6. The van der Waals surface area contributed by atoms with E-state index in [9.17, 15) is 0 Å². The van der Waals surface area contributed by atoms with Gasteiger partial charge in [-0.2, -0.15) is 0 Å². The Morgan fingerprint density at radius 1 is 1.00 bits per heavy atom. The van der Waals surface area contributed by atoms with Crippen LogP contribution in [0.2, 0.25) is 0 Å². The van der Waals surface area contributed by atoms with E-state index >= 15 is 0 Å². The number of quaternary nitrogens is 1. The van der Waals surface area contributed by atoms with Crippen molar-refractivity contribution in [3.63, 3.8) is 0 Å². The maximum atomic E-state index is 6.83. The van der Waals surface area contributed by atoms with E-state index in [1.54, 1.807) is 0 Å². The van der Waals surface area contributed by atoms with Crippen LogP contribution in [0.4, 0.5) is 11.4 Å². The van der Waals surface area contributed by atoms with E-state index in [2.05, 4.69) is 96.9 Å². The molecule has 0 radical (unpaired) electrons. The molecule has 3 aliphatic rings. The third-order valence-electron chi connectivity index (χ3n) is 5.71. The zero-order chi connectivity index (χ0) is 19.1. The molecule has 0 spiro atoms. The summed E-state index contributed by atoms with van der Waals surface area (Å²) in [5, 5.41) is 2.15. The minimum atomic E-state index is 0.223. The van der Waals surface area contributed by atoms with Crippen LogP contribution in [-0.2, 0) is 0 Å². The van der Waals surface area contributed by atoms with Gasteiger partial charge in [0.25, 0.3) is 0 Å². The summed E-state index contributed by atoms with van der Waals surface area (Å²) >= 11 is 8.70. The van der Waals surface area contributed by atoms with Crippen molar-refractivity contribution in [3.8, 4) is 0 Å². The Morgan fingerprint density at radius 2 is 1.75 bits per heavy atom. The first-order valence-corrected chi connectivity index (χ1v) is 10.8. The van der Waals surface area contributed by atoms with Crippen LogP contribution >= 0.6 is 23.4 Å². The molecule has 140 valence electrons. The Balaban J connectivity index is 1.52. The number of thioether (sulfide) groups is 1. The summed E-state index contributed by atoms with van der Waals surface area (Å²) in [6, 6.07) is 19.3. The molecule has 4 atom stereocenters. The number of para-hydroxylation sites is 2. The van der Waals surface area contributed by atoms with Crippen molar-refractivity contribution in [3.05, 3.63) is 101 Å². The standard InChI is InChI=1S/C24H21ClN2S/c1-26-21-13-7-8-14-22(21)28-24(26)16-17-15-23(25)27(18-9-3-2-4-10-18)20-12-6-5-11-19(17)20/h2-17,19-20H,1H3/p+1/b24-16+. The monoisotopic (exact) mass is 405 g/mol. The molecule has 2 nitrogen and oxygen atoms in total. The molecule has 2 aromatic carbocycles. The molecule has 5 rings (SSSR count). The zero-order valence-corrected chi connectivity index (χ0v) is 17.2. The fraction of sp³-hybridized carbons (Fsp3) is 0.167. The molecule has 0 fully saturated rings. The molecule has 0 bridgehead atoms. The van der Waals surface area contributed by atoms with Crippen LogP contribution in [-0.4, -0.2) is 13.1 Å². The van der Waals surface area contributed by atoms with Gasteiger partial charge in [-0.1, -0.05) is 66.2 Å². The van der Waals surface area contributed by atoms with Gasteiger partial charge in [0.2, 0.25) is 0 Å².